The lowest BCUT2D eigenvalue weighted by Gasteiger charge is -2.21. The predicted octanol–water partition coefficient (Wildman–Crippen LogP) is 6.24. The van der Waals surface area contributed by atoms with Crippen LogP contribution in [0, 0.1) is 0 Å². The topological polar surface area (TPSA) is 38.8 Å². The summed E-state index contributed by atoms with van der Waals surface area (Å²) in [5, 5.41) is 5.95. The zero-order valence-corrected chi connectivity index (χ0v) is 15.8. The van der Waals surface area contributed by atoms with E-state index in [0.717, 1.165) is 32.8 Å². The fourth-order valence-corrected chi connectivity index (χ4v) is 3.64. The maximum Gasteiger partial charge on any atom is 0.721 e. The van der Waals surface area contributed by atoms with Crippen molar-refractivity contribution in [3.05, 3.63) is 90.5 Å². The van der Waals surface area contributed by atoms with Crippen LogP contribution >= 0.6 is 8.25 Å². The van der Waals surface area contributed by atoms with Crippen molar-refractivity contribution >= 4 is 35.5 Å². The van der Waals surface area contributed by atoms with E-state index < -0.39 is 8.25 Å². The molecule has 27 heavy (non-hydrogen) atoms. The smallest absolute Gasteiger partial charge is 0.197 e. The van der Waals surface area contributed by atoms with Crippen molar-refractivity contribution in [3.8, 4) is 0 Å². The van der Waals surface area contributed by atoms with Crippen molar-refractivity contribution < 1.29 is 13.7 Å². The van der Waals surface area contributed by atoms with Gasteiger partial charge >= 0.3 is 8.25 Å². The van der Waals surface area contributed by atoms with Gasteiger partial charge in [-0.1, -0.05) is 78.9 Å². The minimum absolute atomic E-state index is 0.448. The van der Waals surface area contributed by atoms with Crippen molar-refractivity contribution in [3.63, 3.8) is 0 Å². The molecule has 0 heterocycles. The molecular formula is C22H19NO3P+. The summed E-state index contributed by atoms with van der Waals surface area (Å²) >= 11 is 0. The third-order valence-corrected chi connectivity index (χ3v) is 5.10. The second kappa shape index (κ2) is 7.85. The van der Waals surface area contributed by atoms with Crippen molar-refractivity contribution in [2.24, 2.45) is 0 Å². The zero-order valence-electron chi connectivity index (χ0n) is 14.9. The highest BCUT2D eigenvalue weighted by molar-refractivity contribution is 7.33. The van der Waals surface area contributed by atoms with E-state index in [1.54, 1.807) is 5.06 Å². The van der Waals surface area contributed by atoms with Crippen molar-refractivity contribution in [1.29, 1.82) is 0 Å². The van der Waals surface area contributed by atoms with E-state index in [9.17, 15) is 4.57 Å². The normalized spacial score (nSPS) is 11.7. The lowest BCUT2D eigenvalue weighted by Crippen LogP contribution is -2.21. The quantitative estimate of drug-likeness (QED) is 0.227. The van der Waals surface area contributed by atoms with Crippen LogP contribution in [-0.2, 0) is 20.3 Å². The van der Waals surface area contributed by atoms with Crippen LogP contribution in [0.4, 0.5) is 5.69 Å². The average molecular weight is 376 g/mol. The van der Waals surface area contributed by atoms with Gasteiger partial charge in [0.15, 0.2) is 0 Å². The summed E-state index contributed by atoms with van der Waals surface area (Å²) in [5.41, 5.74) is 1.93. The number of hydrogen-bond acceptors (Lipinski definition) is 4. The SMILES string of the molecule is CO[P+](=O)ON(Cc1ccccc1)c1c2ccccc2cc2ccccc12. The van der Waals surface area contributed by atoms with Gasteiger partial charge in [-0.3, -0.25) is 0 Å². The fourth-order valence-electron chi connectivity index (χ4n) is 3.27. The first-order chi connectivity index (χ1) is 13.3. The molecule has 0 bridgehead atoms. The van der Waals surface area contributed by atoms with Crippen LogP contribution < -0.4 is 5.06 Å². The Morgan fingerprint density at radius 1 is 0.815 bits per heavy atom. The molecule has 0 radical (unpaired) electrons. The summed E-state index contributed by atoms with van der Waals surface area (Å²) in [6.45, 7) is 0.448. The van der Waals surface area contributed by atoms with Gasteiger partial charge in [0, 0.05) is 20.0 Å². The Bertz CT molecular complexity index is 1040. The van der Waals surface area contributed by atoms with Gasteiger partial charge < -0.3 is 0 Å². The van der Waals surface area contributed by atoms with E-state index in [-0.39, 0.29) is 0 Å². The van der Waals surface area contributed by atoms with E-state index >= 15 is 0 Å². The van der Waals surface area contributed by atoms with Crippen LogP contribution in [0.1, 0.15) is 5.56 Å². The molecule has 0 amide bonds. The van der Waals surface area contributed by atoms with Crippen LogP contribution in [-0.4, -0.2) is 7.11 Å². The highest BCUT2D eigenvalue weighted by Gasteiger charge is 2.27. The van der Waals surface area contributed by atoms with Crippen molar-refractivity contribution in [1.82, 2.24) is 0 Å². The molecular weight excluding hydrogens is 357 g/mol. The number of hydroxylamine groups is 1. The summed E-state index contributed by atoms with van der Waals surface area (Å²) in [7, 11) is -0.897. The van der Waals surface area contributed by atoms with Gasteiger partial charge in [0.25, 0.3) is 0 Å². The van der Waals surface area contributed by atoms with Gasteiger partial charge in [-0.2, -0.15) is 5.06 Å². The van der Waals surface area contributed by atoms with E-state index in [0.29, 0.717) is 6.54 Å². The van der Waals surface area contributed by atoms with Crippen molar-refractivity contribution in [2.75, 3.05) is 12.2 Å². The highest BCUT2D eigenvalue weighted by Crippen LogP contribution is 2.39. The number of anilines is 1. The molecule has 0 aliphatic rings. The minimum atomic E-state index is -2.27. The molecule has 1 unspecified atom stereocenters. The molecule has 0 N–H and O–H groups in total. The van der Waals surface area contributed by atoms with Crippen LogP contribution in [0.15, 0.2) is 84.9 Å². The van der Waals surface area contributed by atoms with Crippen LogP contribution in [0.25, 0.3) is 21.5 Å². The molecule has 4 nitrogen and oxygen atoms in total. The van der Waals surface area contributed by atoms with Gasteiger partial charge in [-0.15, -0.1) is 4.52 Å². The Hall–Kier alpha value is -2.78. The minimum Gasteiger partial charge on any atom is -0.197 e. The Labute approximate surface area is 158 Å². The van der Waals surface area contributed by atoms with Crippen LogP contribution in [0.2, 0.25) is 0 Å². The first-order valence-electron chi connectivity index (χ1n) is 8.67. The molecule has 5 heteroatoms. The maximum atomic E-state index is 12.1. The van der Waals surface area contributed by atoms with E-state index in [2.05, 4.69) is 30.3 Å². The molecule has 0 fully saturated rings. The number of rotatable bonds is 6. The molecule has 4 rings (SSSR count). The van der Waals surface area contributed by atoms with E-state index in [4.69, 9.17) is 9.15 Å². The Morgan fingerprint density at radius 2 is 1.37 bits per heavy atom. The zero-order chi connectivity index (χ0) is 18.6. The van der Waals surface area contributed by atoms with Gasteiger partial charge in [0.05, 0.1) is 19.3 Å². The van der Waals surface area contributed by atoms with Gasteiger partial charge in [0.1, 0.15) is 0 Å². The number of nitrogens with zero attached hydrogens (tertiary/aromatic N) is 1. The van der Waals surface area contributed by atoms with E-state index in [1.165, 1.54) is 7.11 Å². The molecule has 4 aromatic carbocycles. The van der Waals surface area contributed by atoms with Gasteiger partial charge in [0.2, 0.25) is 0 Å². The molecule has 4 aromatic rings. The summed E-state index contributed by atoms with van der Waals surface area (Å²) in [4.78, 5) is 0. The van der Waals surface area contributed by atoms with Crippen LogP contribution in [0.5, 0.6) is 0 Å². The van der Waals surface area contributed by atoms with Gasteiger partial charge in [-0.25, -0.2) is 0 Å². The van der Waals surface area contributed by atoms with E-state index in [1.807, 2.05) is 54.6 Å². The fraction of sp³-hybridized carbons (Fsp3) is 0.0909. The standard InChI is InChI=1S/C22H19NO3P/c1-25-27(24)26-23(16-17-9-3-2-4-10-17)22-20-13-7-5-11-18(20)15-19-12-6-8-14-21(19)22/h2-15H,16H2,1H3/q+1. The second-order valence-electron chi connectivity index (χ2n) is 6.18. The molecule has 0 saturated heterocycles. The highest BCUT2D eigenvalue weighted by atomic mass is 31.1. The lowest BCUT2D eigenvalue weighted by molar-refractivity contribution is 0.231. The number of fused-ring (bicyclic) bond motifs is 2. The third kappa shape index (κ3) is 3.69. The molecule has 0 spiro atoms. The summed E-state index contributed by atoms with van der Waals surface area (Å²) < 4.78 is 22.8. The monoisotopic (exact) mass is 376 g/mol. The molecule has 1 atom stereocenters. The summed E-state index contributed by atoms with van der Waals surface area (Å²) in [6, 6.07) is 28.4. The molecule has 134 valence electrons. The molecule has 0 aromatic heterocycles. The molecule has 0 saturated carbocycles. The second-order valence-corrected chi connectivity index (χ2v) is 7.15. The van der Waals surface area contributed by atoms with Crippen LogP contribution in [0.3, 0.4) is 0 Å². The van der Waals surface area contributed by atoms with Crippen molar-refractivity contribution in [2.45, 2.75) is 6.54 Å². The molecule has 0 aliphatic heterocycles. The summed E-state index contributed by atoms with van der Waals surface area (Å²) in [5.74, 6) is 0. The predicted molar refractivity (Wildman–Crippen MR) is 110 cm³/mol. The average Bonchev–Trinajstić information content (AvgIpc) is 2.72. The number of hydrogen-bond donors (Lipinski definition) is 0. The van der Waals surface area contributed by atoms with Gasteiger partial charge in [-0.05, 0) is 22.4 Å². The first-order valence-corrected chi connectivity index (χ1v) is 9.77. The Kier molecular flexibility index (Phi) is 5.12. The number of benzene rings is 4. The maximum absolute atomic E-state index is 12.1. The summed E-state index contributed by atoms with van der Waals surface area (Å²) in [6.07, 6.45) is 0. The Morgan fingerprint density at radius 3 is 1.96 bits per heavy atom. The Balaban J connectivity index is 1.93. The molecule has 0 aliphatic carbocycles. The first kappa shape index (κ1) is 17.6. The third-order valence-electron chi connectivity index (χ3n) is 4.48. The lowest BCUT2D eigenvalue weighted by atomic mass is 10.0. The largest absolute Gasteiger partial charge is 0.721 e.